The number of hydrogen-bond donors (Lipinski definition) is 2. The summed E-state index contributed by atoms with van der Waals surface area (Å²) in [6.45, 7) is 10.3. The third-order valence-electron chi connectivity index (χ3n) is 0.988. The maximum atomic E-state index is 9.40. The highest BCUT2D eigenvalue weighted by Gasteiger charge is 1.75. The number of amides is 1. The van der Waals surface area contributed by atoms with Gasteiger partial charge in [0.1, 0.15) is 5.84 Å². The summed E-state index contributed by atoms with van der Waals surface area (Å²) in [5.74, 6) is -0.0741. The predicted molar refractivity (Wildman–Crippen MR) is 67.4 cm³/mol. The molecule has 0 spiro atoms. The standard InChI is InChI=1S/C6H12.C3H5N3O.C2H4/c1-3-5-6-4-2;4-1-3(5)6-2-7;1-2/h5-6H,3-4H2,1-2H3;1-2,4H,(H2,5,6,7);1-2H2/b6-5-;;. The molecule has 0 aromatic carbocycles. The Morgan fingerprint density at radius 2 is 1.73 bits per heavy atom. The molecule has 0 rings (SSSR count). The number of amidine groups is 1. The van der Waals surface area contributed by atoms with Crippen molar-refractivity contribution in [1.29, 1.82) is 5.41 Å². The van der Waals surface area contributed by atoms with E-state index in [1.807, 2.05) is 0 Å². The number of carbonyl (C=O) groups excluding carboxylic acids is 1. The first-order chi connectivity index (χ1) is 7.22. The summed E-state index contributed by atoms with van der Waals surface area (Å²) in [4.78, 5) is 12.4. The molecule has 0 radical (unpaired) electrons. The van der Waals surface area contributed by atoms with Crippen molar-refractivity contribution >= 4 is 18.5 Å². The molecule has 3 N–H and O–H groups in total. The SMILES string of the molecule is C=C.CC/C=C\CC.N=CC(N)=NC=O. The summed E-state index contributed by atoms with van der Waals surface area (Å²) in [5, 5.41) is 6.37. The lowest BCUT2D eigenvalue weighted by Gasteiger charge is -1.77. The Bertz CT molecular complexity index is 192. The Morgan fingerprint density at radius 3 is 1.87 bits per heavy atom. The van der Waals surface area contributed by atoms with Crippen LogP contribution in [0.15, 0.2) is 30.3 Å². The van der Waals surface area contributed by atoms with Crippen LogP contribution in [0.4, 0.5) is 0 Å². The van der Waals surface area contributed by atoms with E-state index in [0.717, 1.165) is 6.21 Å². The smallest absolute Gasteiger partial charge is 0.234 e. The van der Waals surface area contributed by atoms with E-state index in [2.05, 4.69) is 44.1 Å². The summed E-state index contributed by atoms with van der Waals surface area (Å²) in [6, 6.07) is 0. The van der Waals surface area contributed by atoms with E-state index in [4.69, 9.17) is 11.1 Å². The molecule has 0 bridgehead atoms. The third-order valence-corrected chi connectivity index (χ3v) is 0.988. The molecule has 0 fully saturated rings. The molecule has 0 saturated heterocycles. The van der Waals surface area contributed by atoms with Gasteiger partial charge in [0.25, 0.3) is 0 Å². The van der Waals surface area contributed by atoms with E-state index >= 15 is 0 Å². The van der Waals surface area contributed by atoms with Crippen LogP contribution in [0.2, 0.25) is 0 Å². The van der Waals surface area contributed by atoms with Crippen molar-refractivity contribution in [2.24, 2.45) is 10.7 Å². The molecule has 4 heteroatoms. The highest BCUT2D eigenvalue weighted by Crippen LogP contribution is 1.81. The van der Waals surface area contributed by atoms with Crippen LogP contribution in [0.5, 0.6) is 0 Å². The Labute approximate surface area is 92.1 Å². The molecule has 0 aliphatic carbocycles. The second kappa shape index (κ2) is 22.8. The quantitative estimate of drug-likeness (QED) is 0.324. The van der Waals surface area contributed by atoms with E-state index < -0.39 is 0 Å². The molecule has 15 heavy (non-hydrogen) atoms. The van der Waals surface area contributed by atoms with Crippen LogP contribution in [-0.4, -0.2) is 18.5 Å². The van der Waals surface area contributed by atoms with Crippen molar-refractivity contribution in [1.82, 2.24) is 0 Å². The van der Waals surface area contributed by atoms with E-state index in [9.17, 15) is 4.79 Å². The van der Waals surface area contributed by atoms with Gasteiger partial charge in [-0.3, -0.25) is 4.79 Å². The van der Waals surface area contributed by atoms with Gasteiger partial charge in [0.05, 0.1) is 6.21 Å². The highest BCUT2D eigenvalue weighted by atomic mass is 16.1. The van der Waals surface area contributed by atoms with Crippen LogP contribution in [0.3, 0.4) is 0 Å². The zero-order valence-corrected chi connectivity index (χ0v) is 9.57. The Morgan fingerprint density at radius 1 is 1.33 bits per heavy atom. The molecule has 86 valence electrons. The fourth-order valence-corrected chi connectivity index (χ4v) is 0.431. The Balaban J connectivity index is -0.000000166. The predicted octanol–water partition coefficient (Wildman–Crippen LogP) is 2.31. The van der Waals surface area contributed by atoms with Gasteiger partial charge < -0.3 is 11.1 Å². The van der Waals surface area contributed by atoms with Crippen molar-refractivity contribution < 1.29 is 4.79 Å². The highest BCUT2D eigenvalue weighted by molar-refractivity contribution is 6.28. The number of rotatable bonds is 4. The van der Waals surface area contributed by atoms with Gasteiger partial charge in [0.2, 0.25) is 6.41 Å². The Kier molecular flexibility index (Phi) is 28.8. The molecule has 0 aliphatic rings. The maximum Gasteiger partial charge on any atom is 0.234 e. The van der Waals surface area contributed by atoms with Gasteiger partial charge in [-0.15, -0.1) is 13.2 Å². The van der Waals surface area contributed by atoms with Crippen molar-refractivity contribution in [3.05, 3.63) is 25.3 Å². The minimum atomic E-state index is -0.0741. The first kappa shape index (κ1) is 19.0. The summed E-state index contributed by atoms with van der Waals surface area (Å²) < 4.78 is 0. The fourth-order valence-electron chi connectivity index (χ4n) is 0.431. The number of carbonyl (C=O) groups is 1. The largest absolute Gasteiger partial charge is 0.382 e. The van der Waals surface area contributed by atoms with Crippen molar-refractivity contribution in [3.63, 3.8) is 0 Å². The van der Waals surface area contributed by atoms with Gasteiger partial charge in [0, 0.05) is 0 Å². The van der Waals surface area contributed by atoms with Gasteiger partial charge in [-0.2, -0.15) is 4.99 Å². The summed E-state index contributed by atoms with van der Waals surface area (Å²) in [7, 11) is 0. The zero-order valence-electron chi connectivity index (χ0n) is 9.57. The molecule has 0 saturated carbocycles. The number of allylic oxidation sites excluding steroid dienone is 2. The lowest BCUT2D eigenvalue weighted by atomic mass is 10.4. The first-order valence-corrected chi connectivity index (χ1v) is 4.65. The first-order valence-electron chi connectivity index (χ1n) is 4.65. The van der Waals surface area contributed by atoms with Gasteiger partial charge in [0.15, 0.2) is 0 Å². The van der Waals surface area contributed by atoms with Crippen LogP contribution in [0, 0.1) is 5.41 Å². The van der Waals surface area contributed by atoms with Crippen molar-refractivity contribution in [2.75, 3.05) is 0 Å². The van der Waals surface area contributed by atoms with Gasteiger partial charge >= 0.3 is 0 Å². The number of nitrogens with zero attached hydrogens (tertiary/aromatic N) is 1. The molecule has 0 atom stereocenters. The maximum absolute atomic E-state index is 9.40. The second-order valence-electron chi connectivity index (χ2n) is 2.09. The van der Waals surface area contributed by atoms with Crippen molar-refractivity contribution in [2.45, 2.75) is 26.7 Å². The summed E-state index contributed by atoms with van der Waals surface area (Å²) in [6.07, 6.45) is 7.80. The monoisotopic (exact) mass is 211 g/mol. The topological polar surface area (TPSA) is 79.3 Å². The normalized spacial score (nSPS) is 9.33. The van der Waals surface area contributed by atoms with Crippen LogP contribution in [0.25, 0.3) is 0 Å². The zero-order chi connectivity index (χ0) is 12.5. The van der Waals surface area contributed by atoms with Crippen LogP contribution >= 0.6 is 0 Å². The van der Waals surface area contributed by atoms with Crippen LogP contribution < -0.4 is 5.73 Å². The number of hydrogen-bond acceptors (Lipinski definition) is 2. The molecular weight excluding hydrogens is 190 g/mol. The molecule has 0 aromatic heterocycles. The summed E-state index contributed by atoms with van der Waals surface area (Å²) in [5.41, 5.74) is 4.86. The number of aliphatic imine (C=N–C) groups is 1. The van der Waals surface area contributed by atoms with Crippen molar-refractivity contribution in [3.8, 4) is 0 Å². The fraction of sp³-hybridized carbons (Fsp3) is 0.364. The molecule has 0 heterocycles. The van der Waals surface area contributed by atoms with E-state index in [1.165, 1.54) is 12.8 Å². The molecular formula is C11H21N3O. The lowest BCUT2D eigenvalue weighted by Crippen LogP contribution is -2.11. The summed E-state index contributed by atoms with van der Waals surface area (Å²) >= 11 is 0. The number of nitrogens with two attached hydrogens (primary N) is 1. The average Bonchev–Trinajstić information content (AvgIpc) is 2.30. The van der Waals surface area contributed by atoms with Gasteiger partial charge in [-0.1, -0.05) is 26.0 Å². The van der Waals surface area contributed by atoms with Crippen LogP contribution in [-0.2, 0) is 4.79 Å². The molecule has 1 amide bonds. The minimum Gasteiger partial charge on any atom is -0.382 e. The Hall–Kier alpha value is -1.71. The molecule has 0 aromatic rings. The molecule has 0 unspecified atom stereocenters. The van der Waals surface area contributed by atoms with Gasteiger partial charge in [-0.05, 0) is 12.8 Å². The van der Waals surface area contributed by atoms with E-state index in [-0.39, 0.29) is 5.84 Å². The molecule has 0 aliphatic heterocycles. The van der Waals surface area contributed by atoms with Crippen LogP contribution in [0.1, 0.15) is 26.7 Å². The average molecular weight is 211 g/mol. The molecule has 4 nitrogen and oxygen atoms in total. The number of nitrogens with one attached hydrogen (secondary N) is 1. The lowest BCUT2D eigenvalue weighted by molar-refractivity contribution is -0.106. The van der Waals surface area contributed by atoms with Gasteiger partial charge in [-0.25, -0.2) is 0 Å². The minimum absolute atomic E-state index is 0.0741. The third kappa shape index (κ3) is 32.9. The van der Waals surface area contributed by atoms with E-state index in [0.29, 0.717) is 6.41 Å². The van der Waals surface area contributed by atoms with E-state index in [1.54, 1.807) is 0 Å². The second-order valence-corrected chi connectivity index (χ2v) is 2.09.